The van der Waals surface area contributed by atoms with Crippen molar-refractivity contribution < 1.29 is 33.4 Å². The zero-order chi connectivity index (χ0) is 19.4. The maximum atomic E-state index is 13.1. The van der Waals surface area contributed by atoms with Crippen LogP contribution < -0.4 is 0 Å². The quantitative estimate of drug-likeness (QED) is 0.417. The largest absolute Gasteiger partial charge is 0.462 e. The molecule has 142 valence electrons. The van der Waals surface area contributed by atoms with Gasteiger partial charge in [-0.1, -0.05) is 13.5 Å². The summed E-state index contributed by atoms with van der Waals surface area (Å²) in [5.41, 5.74) is -0.860. The fourth-order valence-electron chi connectivity index (χ4n) is 5.22. The third kappa shape index (κ3) is 2.64. The van der Waals surface area contributed by atoms with Crippen LogP contribution in [0.3, 0.4) is 0 Å². The van der Waals surface area contributed by atoms with E-state index in [2.05, 4.69) is 6.58 Å². The summed E-state index contributed by atoms with van der Waals surface area (Å²) in [6.07, 6.45) is -1.42. The lowest BCUT2D eigenvalue weighted by Crippen LogP contribution is -2.50. The molecule has 0 radical (unpaired) electrons. The maximum Gasteiger partial charge on any atom is 0.334 e. The summed E-state index contributed by atoms with van der Waals surface area (Å²) in [6.45, 7) is 10.1. The number of fused-ring (bicyclic) bond motifs is 2. The number of carbonyl (C=O) groups is 4. The van der Waals surface area contributed by atoms with E-state index in [0.29, 0.717) is 6.42 Å². The molecule has 7 atom stereocenters. The molecule has 26 heavy (non-hydrogen) atoms. The molecule has 7 heteroatoms. The van der Waals surface area contributed by atoms with E-state index in [9.17, 15) is 19.2 Å². The van der Waals surface area contributed by atoms with Gasteiger partial charge in [0.2, 0.25) is 0 Å². The van der Waals surface area contributed by atoms with Crippen molar-refractivity contribution in [2.24, 2.45) is 23.2 Å². The van der Waals surface area contributed by atoms with Crippen LogP contribution in [-0.2, 0) is 33.4 Å². The highest BCUT2D eigenvalue weighted by Gasteiger charge is 2.66. The molecule has 3 rings (SSSR count). The van der Waals surface area contributed by atoms with Gasteiger partial charge in [0.1, 0.15) is 24.1 Å². The summed E-state index contributed by atoms with van der Waals surface area (Å²) in [7, 11) is 0. The van der Waals surface area contributed by atoms with Crippen molar-refractivity contribution in [3.8, 4) is 0 Å². The molecule has 1 aliphatic heterocycles. The molecule has 0 amide bonds. The van der Waals surface area contributed by atoms with Gasteiger partial charge in [0.05, 0.1) is 11.3 Å². The molecule has 3 aliphatic rings. The smallest absolute Gasteiger partial charge is 0.334 e. The van der Waals surface area contributed by atoms with E-state index in [1.165, 1.54) is 13.8 Å². The minimum atomic E-state index is -1.08. The topological polar surface area (TPSA) is 96.0 Å². The second-order valence-electron chi connectivity index (χ2n) is 7.82. The van der Waals surface area contributed by atoms with Crippen LogP contribution in [0, 0.1) is 23.2 Å². The first-order valence-electron chi connectivity index (χ1n) is 8.84. The van der Waals surface area contributed by atoms with E-state index < -0.39 is 47.6 Å². The third-order valence-corrected chi connectivity index (χ3v) is 6.15. The minimum Gasteiger partial charge on any atom is -0.462 e. The van der Waals surface area contributed by atoms with Crippen molar-refractivity contribution in [2.75, 3.05) is 0 Å². The maximum absolute atomic E-state index is 13.1. The summed E-state index contributed by atoms with van der Waals surface area (Å²) in [4.78, 5) is 48.4. The Labute approximate surface area is 152 Å². The van der Waals surface area contributed by atoms with Gasteiger partial charge in [-0.15, -0.1) is 0 Å². The van der Waals surface area contributed by atoms with E-state index in [0.717, 1.165) is 0 Å². The summed E-state index contributed by atoms with van der Waals surface area (Å²) in [6, 6.07) is 0. The number of ketones is 1. The lowest BCUT2D eigenvalue weighted by molar-refractivity contribution is -0.167. The number of ether oxygens (including phenoxy) is 3. The number of carbonyl (C=O) groups excluding carboxylic acids is 4. The van der Waals surface area contributed by atoms with E-state index in [-0.39, 0.29) is 29.6 Å². The van der Waals surface area contributed by atoms with Gasteiger partial charge in [-0.05, 0) is 19.3 Å². The molecule has 2 saturated carbocycles. The zero-order valence-corrected chi connectivity index (χ0v) is 15.4. The van der Waals surface area contributed by atoms with E-state index in [4.69, 9.17) is 14.2 Å². The van der Waals surface area contributed by atoms with Gasteiger partial charge in [-0.3, -0.25) is 14.4 Å². The van der Waals surface area contributed by atoms with Crippen molar-refractivity contribution in [1.29, 1.82) is 0 Å². The second kappa shape index (κ2) is 6.21. The Bertz CT molecular complexity index is 696. The minimum absolute atomic E-state index is 0.0710. The molecule has 1 saturated heterocycles. The molecule has 0 aromatic rings. The molecule has 3 fully saturated rings. The average molecular weight is 364 g/mol. The van der Waals surface area contributed by atoms with Crippen molar-refractivity contribution in [3.05, 3.63) is 12.2 Å². The molecule has 0 N–H and O–H groups in total. The van der Waals surface area contributed by atoms with Crippen LogP contribution in [0.25, 0.3) is 0 Å². The van der Waals surface area contributed by atoms with Gasteiger partial charge < -0.3 is 14.2 Å². The van der Waals surface area contributed by atoms with Crippen LogP contribution in [0.15, 0.2) is 12.2 Å². The van der Waals surface area contributed by atoms with Crippen molar-refractivity contribution in [1.82, 2.24) is 0 Å². The molecular formula is C19H24O7. The predicted molar refractivity (Wildman–Crippen MR) is 88.6 cm³/mol. The predicted octanol–water partition coefficient (Wildman–Crippen LogP) is 1.58. The van der Waals surface area contributed by atoms with Crippen LogP contribution >= 0.6 is 0 Å². The molecule has 0 aromatic heterocycles. The molecule has 2 aliphatic carbocycles. The monoisotopic (exact) mass is 364 g/mol. The Morgan fingerprint density at radius 2 is 1.81 bits per heavy atom. The SMILES string of the molecule is C=C1C(=O)O[C@H]2C[C@@H](C)[C@@H]3[C@@H](OC(C)=O)CC(=O)[C@@]3(C)[C@@H](OC(C)=O)[C@H]12. The molecule has 7 nitrogen and oxygen atoms in total. The first-order chi connectivity index (χ1) is 12.1. The first-order valence-corrected chi connectivity index (χ1v) is 8.84. The molecule has 0 bridgehead atoms. The van der Waals surface area contributed by atoms with Crippen molar-refractivity contribution in [3.63, 3.8) is 0 Å². The van der Waals surface area contributed by atoms with Crippen LogP contribution in [0.4, 0.5) is 0 Å². The normalized spacial score (nSPS) is 41.8. The molecule has 0 unspecified atom stereocenters. The Balaban J connectivity index is 2.11. The van der Waals surface area contributed by atoms with Gasteiger partial charge in [0.15, 0.2) is 0 Å². The third-order valence-electron chi connectivity index (χ3n) is 6.15. The fraction of sp³-hybridized carbons (Fsp3) is 0.684. The number of esters is 3. The number of hydrogen-bond acceptors (Lipinski definition) is 7. The van der Waals surface area contributed by atoms with E-state index in [1.54, 1.807) is 6.92 Å². The standard InChI is InChI=1S/C19H24O7/c1-8-6-12-15(9(2)18(23)26-12)17(25-11(4)21)19(5)14(22)7-13(16(8)19)24-10(3)20/h8,12-13,15-17H,2,6-7H2,1,3-5H3/t8-,12+,13+,15-,16-,17+,19-/m1/s1. The van der Waals surface area contributed by atoms with Crippen molar-refractivity contribution >= 4 is 23.7 Å². The van der Waals surface area contributed by atoms with Crippen LogP contribution in [0.5, 0.6) is 0 Å². The Morgan fingerprint density at radius 1 is 1.19 bits per heavy atom. The Kier molecular flexibility index (Phi) is 4.45. The number of rotatable bonds is 2. The fourth-order valence-corrected chi connectivity index (χ4v) is 5.22. The highest BCUT2D eigenvalue weighted by molar-refractivity contribution is 5.93. The Morgan fingerprint density at radius 3 is 2.38 bits per heavy atom. The van der Waals surface area contributed by atoms with Gasteiger partial charge in [-0.25, -0.2) is 4.79 Å². The summed E-state index contributed by atoms with van der Waals surface area (Å²) in [5.74, 6) is -2.65. The summed E-state index contributed by atoms with van der Waals surface area (Å²) >= 11 is 0. The molecule has 1 heterocycles. The second-order valence-corrected chi connectivity index (χ2v) is 7.82. The zero-order valence-electron chi connectivity index (χ0n) is 15.4. The van der Waals surface area contributed by atoms with E-state index in [1.807, 2.05) is 6.92 Å². The summed E-state index contributed by atoms with van der Waals surface area (Å²) in [5, 5.41) is 0. The van der Waals surface area contributed by atoms with Crippen molar-refractivity contribution in [2.45, 2.75) is 58.8 Å². The summed E-state index contributed by atoms with van der Waals surface area (Å²) < 4.78 is 16.5. The van der Waals surface area contributed by atoms with Crippen LogP contribution in [-0.4, -0.2) is 42.0 Å². The average Bonchev–Trinajstić information content (AvgIpc) is 2.88. The van der Waals surface area contributed by atoms with Gasteiger partial charge in [0.25, 0.3) is 0 Å². The number of hydrogen-bond donors (Lipinski definition) is 0. The molecule has 0 aromatic carbocycles. The molecule has 0 spiro atoms. The first kappa shape index (κ1) is 18.6. The van der Waals surface area contributed by atoms with Gasteiger partial charge in [0, 0.05) is 31.8 Å². The van der Waals surface area contributed by atoms with Gasteiger partial charge >= 0.3 is 17.9 Å². The molecular weight excluding hydrogens is 340 g/mol. The van der Waals surface area contributed by atoms with Crippen LogP contribution in [0.1, 0.15) is 40.5 Å². The van der Waals surface area contributed by atoms with E-state index >= 15 is 0 Å². The lowest BCUT2D eigenvalue weighted by atomic mass is 9.67. The number of Topliss-reactive ketones (excluding diaryl/α,β-unsaturated/α-hetero) is 1. The highest BCUT2D eigenvalue weighted by atomic mass is 16.6. The Hall–Kier alpha value is -2.18. The highest BCUT2D eigenvalue weighted by Crippen LogP contribution is 2.57. The van der Waals surface area contributed by atoms with Crippen LogP contribution in [0.2, 0.25) is 0 Å². The lowest BCUT2D eigenvalue weighted by Gasteiger charge is -2.40. The van der Waals surface area contributed by atoms with Gasteiger partial charge in [-0.2, -0.15) is 0 Å².